The minimum atomic E-state index is -1.03. The number of hydrogen-bond acceptors (Lipinski definition) is 4. The third-order valence-electron chi connectivity index (χ3n) is 2.74. The monoisotopic (exact) mass is 258 g/mol. The quantitative estimate of drug-likeness (QED) is 0.770. The number of benzene rings is 1. The molecule has 1 aromatic heterocycles. The van der Waals surface area contributed by atoms with Crippen molar-refractivity contribution in [3.05, 3.63) is 48.2 Å². The summed E-state index contributed by atoms with van der Waals surface area (Å²) in [5, 5.41) is 18.1. The SMILES string of the molecule is N[C@@H](Cc1ccc(-c2cccc(O)c2)nc1)C(=O)O. The van der Waals surface area contributed by atoms with Crippen LogP contribution in [0.1, 0.15) is 5.56 Å². The fourth-order valence-corrected chi connectivity index (χ4v) is 1.72. The van der Waals surface area contributed by atoms with E-state index >= 15 is 0 Å². The van der Waals surface area contributed by atoms with Crippen LogP contribution in [0.3, 0.4) is 0 Å². The van der Waals surface area contributed by atoms with E-state index in [-0.39, 0.29) is 12.2 Å². The number of carboxylic acids is 1. The van der Waals surface area contributed by atoms with E-state index in [1.165, 1.54) is 0 Å². The number of carboxylic acid groups (broad SMARTS) is 1. The molecular formula is C14H14N2O3. The van der Waals surface area contributed by atoms with Gasteiger partial charge < -0.3 is 15.9 Å². The van der Waals surface area contributed by atoms with Crippen LogP contribution in [0.5, 0.6) is 5.75 Å². The van der Waals surface area contributed by atoms with Crippen LogP contribution < -0.4 is 5.73 Å². The van der Waals surface area contributed by atoms with Gasteiger partial charge in [-0.25, -0.2) is 0 Å². The molecule has 0 aliphatic rings. The number of nitrogens with two attached hydrogens (primary N) is 1. The number of carbonyl (C=O) groups is 1. The van der Waals surface area contributed by atoms with E-state index in [2.05, 4.69) is 4.98 Å². The summed E-state index contributed by atoms with van der Waals surface area (Å²) in [6.45, 7) is 0. The second-order valence-electron chi connectivity index (χ2n) is 4.25. The molecule has 0 aliphatic heterocycles. The highest BCUT2D eigenvalue weighted by atomic mass is 16.4. The molecule has 0 bridgehead atoms. The summed E-state index contributed by atoms with van der Waals surface area (Å²) in [7, 11) is 0. The zero-order valence-electron chi connectivity index (χ0n) is 10.2. The van der Waals surface area contributed by atoms with Gasteiger partial charge in [0, 0.05) is 11.8 Å². The molecule has 1 atom stereocenters. The number of nitrogens with zero attached hydrogens (tertiary/aromatic N) is 1. The van der Waals surface area contributed by atoms with Crippen molar-refractivity contribution < 1.29 is 15.0 Å². The van der Waals surface area contributed by atoms with Gasteiger partial charge in [0.15, 0.2) is 0 Å². The molecule has 0 aliphatic carbocycles. The van der Waals surface area contributed by atoms with Gasteiger partial charge in [-0.15, -0.1) is 0 Å². The maximum absolute atomic E-state index is 10.7. The number of aromatic nitrogens is 1. The van der Waals surface area contributed by atoms with E-state index in [1.54, 1.807) is 36.5 Å². The topological polar surface area (TPSA) is 96.4 Å². The molecule has 0 radical (unpaired) electrons. The summed E-state index contributed by atoms with van der Waals surface area (Å²) in [5.74, 6) is -0.853. The standard InChI is InChI=1S/C14H14N2O3/c15-12(14(18)19)6-9-4-5-13(16-8-9)10-2-1-3-11(17)7-10/h1-5,7-8,12,17H,6,15H2,(H,18,19)/t12-/m0/s1. The Morgan fingerprint density at radius 3 is 2.68 bits per heavy atom. The normalized spacial score (nSPS) is 12.1. The van der Waals surface area contributed by atoms with Crippen molar-refractivity contribution in [1.82, 2.24) is 4.98 Å². The van der Waals surface area contributed by atoms with E-state index in [4.69, 9.17) is 10.8 Å². The molecule has 0 fully saturated rings. The van der Waals surface area contributed by atoms with Crippen LogP contribution in [0.4, 0.5) is 0 Å². The van der Waals surface area contributed by atoms with E-state index in [1.807, 2.05) is 6.07 Å². The molecule has 5 heteroatoms. The lowest BCUT2D eigenvalue weighted by molar-refractivity contribution is -0.138. The molecule has 0 spiro atoms. The summed E-state index contributed by atoms with van der Waals surface area (Å²) >= 11 is 0. The maximum atomic E-state index is 10.7. The van der Waals surface area contributed by atoms with Crippen LogP contribution >= 0.6 is 0 Å². The van der Waals surface area contributed by atoms with Gasteiger partial charge >= 0.3 is 5.97 Å². The molecule has 1 aromatic carbocycles. The molecule has 1 heterocycles. The molecule has 2 rings (SSSR count). The Morgan fingerprint density at radius 2 is 2.11 bits per heavy atom. The van der Waals surface area contributed by atoms with Crippen molar-refractivity contribution in [1.29, 1.82) is 0 Å². The largest absolute Gasteiger partial charge is 0.508 e. The van der Waals surface area contributed by atoms with Gasteiger partial charge in [-0.1, -0.05) is 18.2 Å². The first-order valence-corrected chi connectivity index (χ1v) is 5.79. The zero-order chi connectivity index (χ0) is 13.8. The molecule has 98 valence electrons. The van der Waals surface area contributed by atoms with Gasteiger partial charge in [-0.05, 0) is 30.2 Å². The predicted octanol–water partition coefficient (Wildman–Crippen LogP) is 1.41. The average Bonchev–Trinajstić information content (AvgIpc) is 2.39. The Bertz CT molecular complexity index is 581. The fraction of sp³-hybridized carbons (Fsp3) is 0.143. The minimum absolute atomic E-state index is 0.177. The van der Waals surface area contributed by atoms with Gasteiger partial charge in [-0.3, -0.25) is 9.78 Å². The smallest absolute Gasteiger partial charge is 0.320 e. The fourth-order valence-electron chi connectivity index (χ4n) is 1.72. The average molecular weight is 258 g/mol. The van der Waals surface area contributed by atoms with Crippen molar-refractivity contribution in [2.24, 2.45) is 5.73 Å². The van der Waals surface area contributed by atoms with E-state index in [0.29, 0.717) is 5.69 Å². The lowest BCUT2D eigenvalue weighted by Crippen LogP contribution is -2.32. The molecule has 0 saturated heterocycles. The molecular weight excluding hydrogens is 244 g/mol. The first kappa shape index (κ1) is 13.0. The highest BCUT2D eigenvalue weighted by molar-refractivity contribution is 5.73. The van der Waals surface area contributed by atoms with Crippen molar-refractivity contribution in [2.75, 3.05) is 0 Å². The Kier molecular flexibility index (Phi) is 3.77. The molecule has 19 heavy (non-hydrogen) atoms. The van der Waals surface area contributed by atoms with E-state index in [0.717, 1.165) is 11.1 Å². The van der Waals surface area contributed by atoms with Gasteiger partial charge in [0.2, 0.25) is 0 Å². The molecule has 0 saturated carbocycles. The summed E-state index contributed by atoms with van der Waals surface area (Å²) in [5.41, 5.74) is 7.73. The molecule has 4 N–H and O–H groups in total. The van der Waals surface area contributed by atoms with Crippen LogP contribution in [0.15, 0.2) is 42.6 Å². The van der Waals surface area contributed by atoms with Gasteiger partial charge in [-0.2, -0.15) is 0 Å². The molecule has 2 aromatic rings. The minimum Gasteiger partial charge on any atom is -0.508 e. The summed E-state index contributed by atoms with van der Waals surface area (Å²) in [4.78, 5) is 14.9. The van der Waals surface area contributed by atoms with E-state index in [9.17, 15) is 9.90 Å². The van der Waals surface area contributed by atoms with Crippen LogP contribution in [0.25, 0.3) is 11.3 Å². The molecule has 5 nitrogen and oxygen atoms in total. The highest BCUT2D eigenvalue weighted by Gasteiger charge is 2.12. The Hall–Kier alpha value is -2.40. The number of phenols is 1. The lowest BCUT2D eigenvalue weighted by atomic mass is 10.1. The predicted molar refractivity (Wildman–Crippen MR) is 70.7 cm³/mol. The number of aliphatic carboxylic acids is 1. The van der Waals surface area contributed by atoms with Crippen LogP contribution in [-0.2, 0) is 11.2 Å². The number of phenolic OH excluding ortho intramolecular Hbond substituents is 1. The van der Waals surface area contributed by atoms with Crippen molar-refractivity contribution in [3.63, 3.8) is 0 Å². The van der Waals surface area contributed by atoms with Crippen LogP contribution in [-0.4, -0.2) is 27.2 Å². The Morgan fingerprint density at radius 1 is 1.32 bits per heavy atom. The van der Waals surface area contributed by atoms with Gasteiger partial charge in [0.1, 0.15) is 11.8 Å². The van der Waals surface area contributed by atoms with Gasteiger partial charge in [0.25, 0.3) is 0 Å². The highest BCUT2D eigenvalue weighted by Crippen LogP contribution is 2.21. The summed E-state index contributed by atoms with van der Waals surface area (Å²) in [6, 6.07) is 9.42. The van der Waals surface area contributed by atoms with Crippen molar-refractivity contribution >= 4 is 5.97 Å². The number of pyridine rings is 1. The van der Waals surface area contributed by atoms with Crippen molar-refractivity contribution in [3.8, 4) is 17.0 Å². The Balaban J connectivity index is 2.17. The lowest BCUT2D eigenvalue weighted by Gasteiger charge is -2.07. The molecule has 0 amide bonds. The van der Waals surface area contributed by atoms with Crippen LogP contribution in [0, 0.1) is 0 Å². The second kappa shape index (κ2) is 5.49. The summed E-state index contributed by atoms with van der Waals surface area (Å²) < 4.78 is 0. The second-order valence-corrected chi connectivity index (χ2v) is 4.25. The number of rotatable bonds is 4. The third kappa shape index (κ3) is 3.29. The maximum Gasteiger partial charge on any atom is 0.320 e. The van der Waals surface area contributed by atoms with Crippen LogP contribution in [0.2, 0.25) is 0 Å². The number of hydrogen-bond donors (Lipinski definition) is 3. The van der Waals surface area contributed by atoms with Gasteiger partial charge in [0.05, 0.1) is 5.69 Å². The first-order valence-electron chi connectivity index (χ1n) is 5.79. The van der Waals surface area contributed by atoms with Crippen molar-refractivity contribution in [2.45, 2.75) is 12.5 Å². The zero-order valence-corrected chi connectivity index (χ0v) is 10.2. The summed E-state index contributed by atoms with van der Waals surface area (Å²) in [6.07, 6.45) is 1.84. The molecule has 0 unspecified atom stereocenters. The number of aromatic hydroxyl groups is 1. The Labute approximate surface area is 110 Å². The first-order chi connectivity index (χ1) is 9.06. The van der Waals surface area contributed by atoms with E-state index < -0.39 is 12.0 Å². The third-order valence-corrected chi connectivity index (χ3v) is 2.74.